The van der Waals surface area contributed by atoms with Crippen LogP contribution in [0.15, 0.2) is 23.7 Å². The smallest absolute Gasteiger partial charge is 0.0290 e. The average Bonchev–Trinajstić information content (AvgIpc) is 2.09. The van der Waals surface area contributed by atoms with Crippen LogP contribution in [0.25, 0.3) is 6.08 Å². The number of aryl methyl sites for hydroxylation is 2. The van der Waals surface area contributed by atoms with Gasteiger partial charge in [0.1, 0.15) is 0 Å². The summed E-state index contributed by atoms with van der Waals surface area (Å²) in [4.78, 5) is 4.03. The topological polar surface area (TPSA) is 12.4 Å². The Morgan fingerprint density at radius 2 is 2.00 bits per heavy atom. The largest absolute Gasteiger partial charge is 0.296 e. The van der Waals surface area contributed by atoms with Gasteiger partial charge in [0.05, 0.1) is 0 Å². The van der Waals surface area contributed by atoms with E-state index in [0.29, 0.717) is 0 Å². The molecule has 1 rings (SSSR count). The zero-order chi connectivity index (χ0) is 9.84. The number of aliphatic imine (C=N–C) groups is 1. The Hall–Kier alpha value is -1.37. The Morgan fingerprint density at radius 3 is 2.54 bits per heavy atom. The van der Waals surface area contributed by atoms with E-state index in [1.54, 1.807) is 7.05 Å². The predicted molar refractivity (Wildman–Crippen MR) is 59.5 cm³/mol. The van der Waals surface area contributed by atoms with E-state index in [9.17, 15) is 0 Å². The molecule has 0 aliphatic heterocycles. The van der Waals surface area contributed by atoms with Crippen LogP contribution < -0.4 is 0 Å². The maximum atomic E-state index is 4.03. The summed E-state index contributed by atoms with van der Waals surface area (Å²) in [5.74, 6) is 0. The summed E-state index contributed by atoms with van der Waals surface area (Å²) in [6, 6.07) is 4.28. The van der Waals surface area contributed by atoms with E-state index in [4.69, 9.17) is 0 Å². The molecule has 0 spiro atoms. The van der Waals surface area contributed by atoms with E-state index in [1.165, 1.54) is 16.7 Å². The van der Waals surface area contributed by atoms with Crippen molar-refractivity contribution in [2.24, 2.45) is 4.99 Å². The monoisotopic (exact) mass is 173 g/mol. The Kier molecular flexibility index (Phi) is 3.02. The molecular formula is C12H15N. The summed E-state index contributed by atoms with van der Waals surface area (Å²) in [5.41, 5.74) is 4.84. The zero-order valence-electron chi connectivity index (χ0n) is 8.46. The Balaban J connectivity index is 3.37. The van der Waals surface area contributed by atoms with Gasteiger partial charge >= 0.3 is 0 Å². The van der Waals surface area contributed by atoms with Gasteiger partial charge in [0.15, 0.2) is 0 Å². The van der Waals surface area contributed by atoms with Crippen LogP contribution >= 0.6 is 0 Å². The Morgan fingerprint density at radius 1 is 1.31 bits per heavy atom. The van der Waals surface area contributed by atoms with Crippen LogP contribution in [0.4, 0.5) is 0 Å². The molecule has 0 aliphatic carbocycles. The first-order valence-electron chi connectivity index (χ1n) is 4.35. The molecule has 0 amide bonds. The molecule has 0 fully saturated rings. The molecule has 0 bridgehead atoms. The predicted octanol–water partition coefficient (Wildman–Crippen LogP) is 3.00. The fraction of sp³-hybridized carbons (Fsp3) is 0.250. The maximum absolute atomic E-state index is 4.03. The Bertz CT molecular complexity index is 348. The standard InChI is InChI=1S/C12H15N/c1-5-11-7-9(2)6-10(3)12(11)8-13-4/h5-8H,1H2,2-4H3. The van der Waals surface area contributed by atoms with Gasteiger partial charge in [-0.25, -0.2) is 0 Å². The lowest BCUT2D eigenvalue weighted by Gasteiger charge is -2.06. The van der Waals surface area contributed by atoms with Crippen molar-refractivity contribution in [2.45, 2.75) is 13.8 Å². The van der Waals surface area contributed by atoms with E-state index < -0.39 is 0 Å². The molecule has 0 atom stereocenters. The van der Waals surface area contributed by atoms with Crippen molar-refractivity contribution < 1.29 is 0 Å². The van der Waals surface area contributed by atoms with Gasteiger partial charge in [-0.05, 0) is 25.0 Å². The Labute approximate surface area is 79.8 Å². The second-order valence-electron chi connectivity index (χ2n) is 3.18. The van der Waals surface area contributed by atoms with E-state index >= 15 is 0 Å². The van der Waals surface area contributed by atoms with Gasteiger partial charge in [0.25, 0.3) is 0 Å². The van der Waals surface area contributed by atoms with Crippen molar-refractivity contribution >= 4 is 12.3 Å². The van der Waals surface area contributed by atoms with Gasteiger partial charge in [0.2, 0.25) is 0 Å². The first-order chi connectivity index (χ1) is 6.19. The molecule has 1 heteroatoms. The lowest BCUT2D eigenvalue weighted by molar-refractivity contribution is 1.35. The maximum Gasteiger partial charge on any atom is 0.0290 e. The number of hydrogen-bond donors (Lipinski definition) is 0. The van der Waals surface area contributed by atoms with Crippen LogP contribution in [-0.2, 0) is 0 Å². The first-order valence-corrected chi connectivity index (χ1v) is 4.35. The second-order valence-corrected chi connectivity index (χ2v) is 3.18. The number of nitrogens with zero attached hydrogens (tertiary/aromatic N) is 1. The molecule has 68 valence electrons. The van der Waals surface area contributed by atoms with Crippen molar-refractivity contribution in [1.29, 1.82) is 0 Å². The minimum absolute atomic E-state index is 1.16. The third-order valence-electron chi connectivity index (χ3n) is 2.04. The van der Waals surface area contributed by atoms with Crippen molar-refractivity contribution in [2.75, 3.05) is 7.05 Å². The zero-order valence-corrected chi connectivity index (χ0v) is 8.46. The van der Waals surface area contributed by atoms with E-state index in [2.05, 4.69) is 37.6 Å². The quantitative estimate of drug-likeness (QED) is 0.610. The fourth-order valence-corrected chi connectivity index (χ4v) is 1.49. The highest BCUT2D eigenvalue weighted by Crippen LogP contribution is 2.16. The molecular weight excluding hydrogens is 158 g/mol. The molecule has 0 heterocycles. The average molecular weight is 173 g/mol. The van der Waals surface area contributed by atoms with Gasteiger partial charge in [0, 0.05) is 18.8 Å². The third kappa shape index (κ3) is 2.05. The molecule has 1 aromatic carbocycles. The summed E-state index contributed by atoms with van der Waals surface area (Å²) in [6.45, 7) is 7.98. The highest BCUT2D eigenvalue weighted by molar-refractivity contribution is 5.87. The lowest BCUT2D eigenvalue weighted by Crippen LogP contribution is -1.93. The first kappa shape index (κ1) is 9.72. The fourth-order valence-electron chi connectivity index (χ4n) is 1.49. The van der Waals surface area contributed by atoms with Crippen LogP contribution in [0, 0.1) is 13.8 Å². The molecule has 0 saturated carbocycles. The lowest BCUT2D eigenvalue weighted by atomic mass is 10.00. The van der Waals surface area contributed by atoms with Gasteiger partial charge in [-0.2, -0.15) is 0 Å². The normalized spacial score (nSPS) is 10.7. The second kappa shape index (κ2) is 4.04. The number of rotatable bonds is 2. The van der Waals surface area contributed by atoms with Crippen LogP contribution in [0.1, 0.15) is 22.3 Å². The van der Waals surface area contributed by atoms with Gasteiger partial charge in [-0.15, -0.1) is 0 Å². The van der Waals surface area contributed by atoms with Crippen molar-refractivity contribution in [3.63, 3.8) is 0 Å². The van der Waals surface area contributed by atoms with Crippen LogP contribution in [0.5, 0.6) is 0 Å². The van der Waals surface area contributed by atoms with Crippen LogP contribution in [0.3, 0.4) is 0 Å². The van der Waals surface area contributed by atoms with E-state index in [1.807, 2.05) is 12.3 Å². The molecule has 13 heavy (non-hydrogen) atoms. The summed E-state index contributed by atoms with van der Waals surface area (Å²) in [7, 11) is 1.78. The highest BCUT2D eigenvalue weighted by Gasteiger charge is 2.01. The van der Waals surface area contributed by atoms with Crippen LogP contribution in [0.2, 0.25) is 0 Å². The third-order valence-corrected chi connectivity index (χ3v) is 2.04. The minimum Gasteiger partial charge on any atom is -0.296 e. The summed E-state index contributed by atoms with van der Waals surface area (Å²) in [5, 5.41) is 0. The van der Waals surface area contributed by atoms with Gasteiger partial charge in [-0.3, -0.25) is 4.99 Å². The minimum atomic E-state index is 1.16. The van der Waals surface area contributed by atoms with Crippen molar-refractivity contribution in [3.8, 4) is 0 Å². The molecule has 0 unspecified atom stereocenters. The molecule has 1 nitrogen and oxygen atoms in total. The van der Waals surface area contributed by atoms with Crippen LogP contribution in [-0.4, -0.2) is 13.3 Å². The molecule has 0 N–H and O–H groups in total. The van der Waals surface area contributed by atoms with Gasteiger partial charge in [-0.1, -0.05) is 30.4 Å². The van der Waals surface area contributed by atoms with Gasteiger partial charge < -0.3 is 0 Å². The van der Waals surface area contributed by atoms with Crippen molar-refractivity contribution in [1.82, 2.24) is 0 Å². The number of hydrogen-bond acceptors (Lipinski definition) is 1. The molecule has 0 radical (unpaired) electrons. The highest BCUT2D eigenvalue weighted by atomic mass is 14.6. The summed E-state index contributed by atoms with van der Waals surface area (Å²) in [6.07, 6.45) is 3.75. The molecule has 0 aliphatic rings. The molecule has 0 saturated heterocycles. The van der Waals surface area contributed by atoms with Crippen molar-refractivity contribution in [3.05, 3.63) is 41.0 Å². The summed E-state index contributed by atoms with van der Waals surface area (Å²) < 4.78 is 0. The molecule has 0 aromatic heterocycles. The van der Waals surface area contributed by atoms with E-state index in [-0.39, 0.29) is 0 Å². The number of benzene rings is 1. The molecule has 1 aromatic rings. The summed E-state index contributed by atoms with van der Waals surface area (Å²) >= 11 is 0. The SMILES string of the molecule is C=Cc1cc(C)cc(C)c1C=NC. The van der Waals surface area contributed by atoms with E-state index in [0.717, 1.165) is 5.56 Å².